The van der Waals surface area contributed by atoms with Gasteiger partial charge in [-0.1, -0.05) is 6.07 Å². The Morgan fingerprint density at radius 1 is 1.00 bits per heavy atom. The molecule has 1 unspecified atom stereocenters. The van der Waals surface area contributed by atoms with Crippen LogP contribution in [0.2, 0.25) is 0 Å². The number of alkyl halides is 1. The second-order valence-electron chi connectivity index (χ2n) is 4.73. The van der Waals surface area contributed by atoms with E-state index in [9.17, 15) is 4.79 Å². The Morgan fingerprint density at radius 3 is 2.08 bits per heavy atom. The second-order valence-corrected chi connectivity index (χ2v) is 5.17. The summed E-state index contributed by atoms with van der Waals surface area (Å²) < 4.78 is 31.2. The largest absolute Gasteiger partial charge is 0.480 e. The third kappa shape index (κ3) is 8.37. The molecule has 0 radical (unpaired) electrons. The number of ether oxygens (including phenoxy) is 6. The standard InChI is InChI=1S/C16H23ClO8/c1-20-5-7-22-10-24-13-4-3-12(15(17)16(18)19)9-14(13)25-11-23-8-6-21-2/h3-4,9,15H,5-8,10-11H2,1-2H3,(H,18,19). The SMILES string of the molecule is COCCOCOc1ccc(C(Cl)C(=O)O)cc1OCOCCOC. The Hall–Kier alpha value is -1.58. The smallest absolute Gasteiger partial charge is 0.326 e. The molecule has 1 atom stereocenters. The molecule has 0 bridgehead atoms. The molecule has 1 aromatic rings. The molecule has 1 aromatic carbocycles. The molecule has 0 aliphatic heterocycles. The molecule has 0 amide bonds. The topological polar surface area (TPSA) is 92.7 Å². The summed E-state index contributed by atoms with van der Waals surface area (Å²) in [5, 5.41) is 7.83. The van der Waals surface area contributed by atoms with E-state index in [-0.39, 0.29) is 13.6 Å². The van der Waals surface area contributed by atoms with Gasteiger partial charge in [0.1, 0.15) is 0 Å². The number of hydrogen-bond donors (Lipinski definition) is 1. The van der Waals surface area contributed by atoms with Crippen molar-refractivity contribution >= 4 is 17.6 Å². The Balaban J connectivity index is 2.69. The van der Waals surface area contributed by atoms with Gasteiger partial charge in [-0.3, -0.25) is 4.79 Å². The quantitative estimate of drug-likeness (QED) is 0.299. The van der Waals surface area contributed by atoms with Gasteiger partial charge in [-0.25, -0.2) is 0 Å². The van der Waals surface area contributed by atoms with Gasteiger partial charge in [-0.2, -0.15) is 0 Å². The van der Waals surface area contributed by atoms with Gasteiger partial charge in [0.2, 0.25) is 0 Å². The van der Waals surface area contributed by atoms with Crippen molar-refractivity contribution in [1.82, 2.24) is 0 Å². The van der Waals surface area contributed by atoms with Gasteiger partial charge in [-0.05, 0) is 17.7 Å². The van der Waals surface area contributed by atoms with Crippen molar-refractivity contribution < 1.29 is 38.3 Å². The highest BCUT2D eigenvalue weighted by Gasteiger charge is 2.19. The first-order valence-corrected chi connectivity index (χ1v) is 7.93. The van der Waals surface area contributed by atoms with E-state index in [2.05, 4.69) is 0 Å². The van der Waals surface area contributed by atoms with Crippen LogP contribution in [0.15, 0.2) is 18.2 Å². The summed E-state index contributed by atoms with van der Waals surface area (Å²) in [6.45, 7) is 1.57. The summed E-state index contributed by atoms with van der Waals surface area (Å²) in [6, 6.07) is 4.61. The van der Waals surface area contributed by atoms with Crippen molar-refractivity contribution in [3.63, 3.8) is 0 Å². The van der Waals surface area contributed by atoms with Gasteiger partial charge in [0.15, 0.2) is 30.5 Å². The number of methoxy groups -OCH3 is 2. The fourth-order valence-electron chi connectivity index (χ4n) is 1.67. The molecule has 0 aromatic heterocycles. The van der Waals surface area contributed by atoms with Gasteiger partial charge in [0, 0.05) is 14.2 Å². The molecule has 8 nitrogen and oxygen atoms in total. The first-order valence-electron chi connectivity index (χ1n) is 7.50. The molecule has 25 heavy (non-hydrogen) atoms. The van der Waals surface area contributed by atoms with E-state index in [0.717, 1.165) is 0 Å². The van der Waals surface area contributed by atoms with E-state index in [0.29, 0.717) is 43.5 Å². The normalized spacial score (nSPS) is 12.0. The number of carboxylic acid groups (broad SMARTS) is 1. The van der Waals surface area contributed by atoms with E-state index in [4.69, 9.17) is 45.1 Å². The zero-order valence-corrected chi connectivity index (χ0v) is 15.0. The molecular formula is C16H23ClO8. The average molecular weight is 379 g/mol. The highest BCUT2D eigenvalue weighted by atomic mass is 35.5. The summed E-state index contributed by atoms with van der Waals surface area (Å²) >= 11 is 5.85. The fraction of sp³-hybridized carbons (Fsp3) is 0.562. The summed E-state index contributed by atoms with van der Waals surface area (Å²) in [5.74, 6) is -0.469. The highest BCUT2D eigenvalue weighted by molar-refractivity contribution is 6.29. The third-order valence-electron chi connectivity index (χ3n) is 2.94. The molecule has 0 spiro atoms. The lowest BCUT2D eigenvalue weighted by atomic mass is 10.1. The maximum atomic E-state index is 11.0. The van der Waals surface area contributed by atoms with Gasteiger partial charge in [-0.15, -0.1) is 11.6 Å². The van der Waals surface area contributed by atoms with Crippen LogP contribution in [0.3, 0.4) is 0 Å². The van der Waals surface area contributed by atoms with Gasteiger partial charge in [0.25, 0.3) is 0 Å². The van der Waals surface area contributed by atoms with Crippen LogP contribution in [0.25, 0.3) is 0 Å². The first kappa shape index (κ1) is 21.5. The molecule has 0 saturated heterocycles. The van der Waals surface area contributed by atoms with Crippen LogP contribution >= 0.6 is 11.6 Å². The molecule has 0 saturated carbocycles. The summed E-state index contributed by atoms with van der Waals surface area (Å²) in [6.07, 6.45) is 0. The lowest BCUT2D eigenvalue weighted by Crippen LogP contribution is -2.11. The maximum absolute atomic E-state index is 11.0. The van der Waals surface area contributed by atoms with E-state index in [1.807, 2.05) is 0 Å². The van der Waals surface area contributed by atoms with Crippen LogP contribution in [0.4, 0.5) is 0 Å². The Bertz CT molecular complexity index is 511. The van der Waals surface area contributed by atoms with E-state index in [1.54, 1.807) is 26.4 Å². The molecule has 1 rings (SSSR count). The van der Waals surface area contributed by atoms with E-state index in [1.165, 1.54) is 6.07 Å². The number of rotatable bonds is 14. The lowest BCUT2D eigenvalue weighted by Gasteiger charge is -2.15. The Morgan fingerprint density at radius 2 is 1.56 bits per heavy atom. The predicted molar refractivity (Wildman–Crippen MR) is 89.3 cm³/mol. The van der Waals surface area contributed by atoms with Crippen molar-refractivity contribution in [3.05, 3.63) is 23.8 Å². The maximum Gasteiger partial charge on any atom is 0.326 e. The number of benzene rings is 1. The monoisotopic (exact) mass is 378 g/mol. The second kappa shape index (κ2) is 12.7. The minimum Gasteiger partial charge on any atom is -0.480 e. The molecular weight excluding hydrogens is 356 g/mol. The number of halogens is 1. The van der Waals surface area contributed by atoms with Gasteiger partial charge < -0.3 is 33.5 Å². The van der Waals surface area contributed by atoms with Crippen LogP contribution in [0.1, 0.15) is 10.9 Å². The number of carbonyl (C=O) groups is 1. The minimum absolute atomic E-state index is 0.00711. The zero-order chi connectivity index (χ0) is 18.5. The number of carboxylic acids is 1. The van der Waals surface area contributed by atoms with Crippen LogP contribution in [-0.2, 0) is 23.7 Å². The summed E-state index contributed by atoms with van der Waals surface area (Å²) in [5.41, 5.74) is 0.369. The van der Waals surface area contributed by atoms with Crippen molar-refractivity contribution in [3.8, 4) is 11.5 Å². The molecule has 1 N–H and O–H groups in total. The van der Waals surface area contributed by atoms with Crippen LogP contribution in [0, 0.1) is 0 Å². The fourth-order valence-corrected chi connectivity index (χ4v) is 1.81. The molecule has 9 heteroatoms. The molecule has 142 valence electrons. The predicted octanol–water partition coefficient (Wildman–Crippen LogP) is 2.05. The number of hydrogen-bond acceptors (Lipinski definition) is 7. The Kier molecular flexibility index (Phi) is 10.9. The van der Waals surface area contributed by atoms with Gasteiger partial charge >= 0.3 is 5.97 Å². The molecule has 0 heterocycles. The van der Waals surface area contributed by atoms with Crippen molar-refractivity contribution in [2.75, 3.05) is 54.2 Å². The Labute approximate surface area is 151 Å². The van der Waals surface area contributed by atoms with Crippen molar-refractivity contribution in [2.45, 2.75) is 5.38 Å². The van der Waals surface area contributed by atoms with E-state index < -0.39 is 11.3 Å². The van der Waals surface area contributed by atoms with Gasteiger partial charge in [0.05, 0.1) is 26.4 Å². The summed E-state index contributed by atoms with van der Waals surface area (Å²) in [4.78, 5) is 11.0. The first-order chi connectivity index (χ1) is 12.1. The van der Waals surface area contributed by atoms with Crippen molar-refractivity contribution in [2.24, 2.45) is 0 Å². The third-order valence-corrected chi connectivity index (χ3v) is 3.38. The molecule has 0 aliphatic rings. The average Bonchev–Trinajstić information content (AvgIpc) is 2.61. The zero-order valence-electron chi connectivity index (χ0n) is 14.2. The van der Waals surface area contributed by atoms with Crippen molar-refractivity contribution in [1.29, 1.82) is 0 Å². The highest BCUT2D eigenvalue weighted by Crippen LogP contribution is 2.32. The molecule has 0 fully saturated rings. The van der Waals surface area contributed by atoms with Crippen LogP contribution in [-0.4, -0.2) is 65.3 Å². The number of aliphatic carboxylic acids is 1. The molecule has 0 aliphatic carbocycles. The van der Waals surface area contributed by atoms with E-state index >= 15 is 0 Å². The minimum atomic E-state index is -1.19. The van der Waals surface area contributed by atoms with Crippen LogP contribution in [0.5, 0.6) is 11.5 Å². The summed E-state index contributed by atoms with van der Waals surface area (Å²) in [7, 11) is 3.14. The lowest BCUT2D eigenvalue weighted by molar-refractivity contribution is -0.136. The van der Waals surface area contributed by atoms with Crippen LogP contribution < -0.4 is 9.47 Å².